The van der Waals surface area contributed by atoms with Gasteiger partial charge in [0.25, 0.3) is 0 Å². The van der Waals surface area contributed by atoms with E-state index in [4.69, 9.17) is 4.74 Å². The summed E-state index contributed by atoms with van der Waals surface area (Å²) < 4.78 is 6.56. The van der Waals surface area contributed by atoms with E-state index in [9.17, 15) is 10.2 Å². The molecule has 1 spiro atoms. The van der Waals surface area contributed by atoms with Crippen molar-refractivity contribution in [2.24, 2.45) is 11.8 Å². The average Bonchev–Trinajstić information content (AvgIpc) is 3.42. The Balaban J connectivity index is 1.46. The highest BCUT2D eigenvalue weighted by molar-refractivity contribution is 5.62. The van der Waals surface area contributed by atoms with Crippen molar-refractivity contribution in [3.8, 4) is 11.5 Å². The van der Waals surface area contributed by atoms with E-state index in [1.165, 1.54) is 18.4 Å². The van der Waals surface area contributed by atoms with Crippen molar-refractivity contribution in [2.45, 2.75) is 81.6 Å². The summed E-state index contributed by atoms with van der Waals surface area (Å²) in [6.07, 6.45) is 6.10. The maximum Gasteiger partial charge on any atom is 0.165 e. The molecule has 5 heteroatoms. The van der Waals surface area contributed by atoms with Gasteiger partial charge in [0.2, 0.25) is 0 Å². The number of hydrogen-bond donors (Lipinski definition) is 3. The summed E-state index contributed by atoms with van der Waals surface area (Å²) in [7, 11) is 0. The van der Waals surface area contributed by atoms with Gasteiger partial charge in [0, 0.05) is 24.2 Å². The van der Waals surface area contributed by atoms with Gasteiger partial charge in [0.05, 0.1) is 11.0 Å². The van der Waals surface area contributed by atoms with E-state index in [1.807, 2.05) is 0 Å². The highest BCUT2D eigenvalue weighted by atomic mass is 16.5. The lowest BCUT2D eigenvalue weighted by molar-refractivity contribution is -0.191. The lowest BCUT2D eigenvalue weighted by atomic mass is 9.48. The topological polar surface area (TPSA) is 65.0 Å². The Morgan fingerprint density at radius 2 is 2.07 bits per heavy atom. The predicted molar refractivity (Wildman–Crippen MR) is 111 cm³/mol. The number of benzene rings is 1. The van der Waals surface area contributed by atoms with Gasteiger partial charge in [-0.1, -0.05) is 19.9 Å². The molecule has 5 aliphatic rings. The number of phenols is 1. The number of nitrogens with one attached hydrogen (secondary N) is 1. The third-order valence-corrected chi connectivity index (χ3v) is 8.55. The fraction of sp³-hybridized carbons (Fsp3) is 0.750. The molecule has 0 amide bonds. The first kappa shape index (κ1) is 18.5. The zero-order valence-corrected chi connectivity index (χ0v) is 17.7. The second kappa shape index (κ2) is 6.12. The van der Waals surface area contributed by atoms with Gasteiger partial charge in [-0.2, -0.15) is 0 Å². The van der Waals surface area contributed by atoms with Crippen molar-refractivity contribution in [3.63, 3.8) is 0 Å². The van der Waals surface area contributed by atoms with Crippen molar-refractivity contribution in [2.75, 3.05) is 19.6 Å². The van der Waals surface area contributed by atoms with Gasteiger partial charge in [-0.25, -0.2) is 0 Å². The third kappa shape index (κ3) is 2.38. The Labute approximate surface area is 173 Å². The zero-order valence-electron chi connectivity index (χ0n) is 17.7. The van der Waals surface area contributed by atoms with Crippen LogP contribution in [-0.4, -0.2) is 58.5 Å². The molecule has 3 unspecified atom stereocenters. The number of aromatic hydroxyl groups is 1. The quantitative estimate of drug-likeness (QED) is 0.712. The fourth-order valence-corrected chi connectivity index (χ4v) is 7.08. The number of rotatable bonds is 5. The van der Waals surface area contributed by atoms with Gasteiger partial charge < -0.3 is 20.3 Å². The highest BCUT2D eigenvalue weighted by Crippen LogP contribution is 2.65. The Bertz CT molecular complexity index is 838. The average molecular weight is 399 g/mol. The van der Waals surface area contributed by atoms with Crippen molar-refractivity contribution in [3.05, 3.63) is 23.3 Å². The van der Waals surface area contributed by atoms with Crippen molar-refractivity contribution in [1.82, 2.24) is 10.2 Å². The molecule has 5 nitrogen and oxygen atoms in total. The summed E-state index contributed by atoms with van der Waals surface area (Å²) in [5.74, 6) is 2.28. The van der Waals surface area contributed by atoms with E-state index >= 15 is 0 Å². The van der Waals surface area contributed by atoms with Crippen LogP contribution in [0.25, 0.3) is 0 Å². The molecule has 0 aromatic heterocycles. The number of likely N-dealkylation sites (tertiary alicyclic amines) is 1. The monoisotopic (exact) mass is 398 g/mol. The summed E-state index contributed by atoms with van der Waals surface area (Å²) in [6.45, 7) is 7.56. The molecule has 158 valence electrons. The first-order chi connectivity index (χ1) is 13.9. The molecule has 29 heavy (non-hydrogen) atoms. The number of phenolic OH excluding ortho intramolecular Hbond substituents is 1. The van der Waals surface area contributed by atoms with Crippen LogP contribution in [0.5, 0.6) is 11.5 Å². The summed E-state index contributed by atoms with van der Waals surface area (Å²) in [4.78, 5) is 2.59. The first-order valence-corrected chi connectivity index (χ1v) is 11.7. The molecule has 1 saturated heterocycles. The first-order valence-electron chi connectivity index (χ1n) is 11.7. The minimum Gasteiger partial charge on any atom is -0.504 e. The predicted octanol–water partition coefficient (Wildman–Crippen LogP) is 2.57. The van der Waals surface area contributed by atoms with Crippen LogP contribution in [0.2, 0.25) is 0 Å². The standard InChI is InChI=1S/C24H34N2O3/c1-14(2)12-25-17-7-8-24(28)19-11-16-5-6-18(27)21-20(16)23(24,22(17)29-21)9-10-26(19)13-15-3-4-15/h5-6,14-15,17,19,22,25,27-28H,3-4,7-13H2,1-2H3/t17?,19-,22?,23+,24?/m1/s1. The zero-order chi connectivity index (χ0) is 20.0. The molecular weight excluding hydrogens is 364 g/mol. The Morgan fingerprint density at radius 1 is 1.24 bits per heavy atom. The van der Waals surface area contributed by atoms with Crippen LogP contribution in [0.1, 0.15) is 57.1 Å². The van der Waals surface area contributed by atoms with E-state index in [1.54, 1.807) is 6.07 Å². The van der Waals surface area contributed by atoms with Crippen molar-refractivity contribution in [1.29, 1.82) is 0 Å². The van der Waals surface area contributed by atoms with Gasteiger partial charge in [-0.15, -0.1) is 0 Å². The molecule has 6 rings (SSSR count). The molecule has 3 fully saturated rings. The van der Waals surface area contributed by atoms with E-state index in [-0.39, 0.29) is 23.9 Å². The minimum atomic E-state index is -0.771. The summed E-state index contributed by atoms with van der Waals surface area (Å²) in [6, 6.07) is 4.26. The van der Waals surface area contributed by atoms with Crippen LogP contribution >= 0.6 is 0 Å². The summed E-state index contributed by atoms with van der Waals surface area (Å²) in [5, 5.41) is 26.8. The van der Waals surface area contributed by atoms with Gasteiger partial charge in [-0.3, -0.25) is 4.90 Å². The molecule has 2 aliphatic heterocycles. The molecule has 2 saturated carbocycles. The number of hydrogen-bond acceptors (Lipinski definition) is 5. The Morgan fingerprint density at radius 3 is 2.83 bits per heavy atom. The smallest absolute Gasteiger partial charge is 0.165 e. The summed E-state index contributed by atoms with van der Waals surface area (Å²) in [5.41, 5.74) is 1.24. The molecular formula is C24H34N2O3. The molecule has 3 N–H and O–H groups in total. The maximum absolute atomic E-state index is 12.4. The molecule has 1 aromatic rings. The van der Waals surface area contributed by atoms with Crippen LogP contribution in [0.15, 0.2) is 12.1 Å². The lowest BCUT2D eigenvalue weighted by Crippen LogP contribution is -2.78. The Hall–Kier alpha value is -1.30. The molecule has 3 aliphatic carbocycles. The molecule has 2 bridgehead atoms. The third-order valence-electron chi connectivity index (χ3n) is 8.55. The van der Waals surface area contributed by atoms with E-state index in [0.717, 1.165) is 56.8 Å². The van der Waals surface area contributed by atoms with E-state index < -0.39 is 11.0 Å². The molecule has 0 radical (unpaired) electrons. The number of ether oxygens (including phenoxy) is 1. The number of aliphatic hydroxyl groups is 1. The summed E-state index contributed by atoms with van der Waals surface area (Å²) >= 11 is 0. The van der Waals surface area contributed by atoms with Gasteiger partial charge in [-0.05, 0) is 75.1 Å². The minimum absolute atomic E-state index is 0.104. The van der Waals surface area contributed by atoms with E-state index in [0.29, 0.717) is 11.7 Å². The normalized spacial score (nSPS) is 40.1. The van der Waals surface area contributed by atoms with Gasteiger partial charge in [0.15, 0.2) is 11.5 Å². The van der Waals surface area contributed by atoms with Crippen LogP contribution in [0.4, 0.5) is 0 Å². The van der Waals surface area contributed by atoms with Crippen molar-refractivity contribution >= 4 is 0 Å². The van der Waals surface area contributed by atoms with Gasteiger partial charge >= 0.3 is 0 Å². The van der Waals surface area contributed by atoms with E-state index in [2.05, 4.69) is 30.1 Å². The largest absolute Gasteiger partial charge is 0.504 e. The molecule has 2 heterocycles. The van der Waals surface area contributed by atoms with Crippen molar-refractivity contribution < 1.29 is 14.9 Å². The number of nitrogens with zero attached hydrogens (tertiary/aromatic N) is 1. The molecule has 5 atom stereocenters. The van der Waals surface area contributed by atoms with Crippen LogP contribution < -0.4 is 10.1 Å². The SMILES string of the molecule is CC(C)CNC1CCC2(O)[C@H]3Cc4ccc(O)c5c4[C@@]2(CCN3CC2CC2)C1O5. The second-order valence-electron chi connectivity index (χ2n) is 10.7. The maximum atomic E-state index is 12.4. The highest BCUT2D eigenvalue weighted by Gasteiger charge is 2.72. The van der Waals surface area contributed by atoms with Crippen LogP contribution in [0, 0.1) is 11.8 Å². The van der Waals surface area contributed by atoms with Gasteiger partial charge in [0.1, 0.15) is 6.10 Å². The van der Waals surface area contributed by atoms with Crippen LogP contribution in [0.3, 0.4) is 0 Å². The molecule has 1 aromatic carbocycles. The van der Waals surface area contributed by atoms with Crippen LogP contribution in [-0.2, 0) is 11.8 Å². The fourth-order valence-electron chi connectivity index (χ4n) is 7.08. The second-order valence-corrected chi connectivity index (χ2v) is 10.7. The lowest BCUT2D eigenvalue weighted by Gasteiger charge is -2.64. The Kier molecular flexibility index (Phi) is 3.89. The number of piperidine rings is 1.